The first-order chi connectivity index (χ1) is 7.70. The van der Waals surface area contributed by atoms with E-state index in [1.807, 2.05) is 18.2 Å². The van der Waals surface area contributed by atoms with Crippen LogP contribution in [-0.4, -0.2) is 23.9 Å². The molecule has 0 unspecified atom stereocenters. The molecule has 0 saturated heterocycles. The molecule has 0 spiro atoms. The van der Waals surface area contributed by atoms with Crippen LogP contribution >= 0.6 is 11.6 Å². The lowest BCUT2D eigenvalue weighted by atomic mass is 10.0. The highest BCUT2D eigenvalue weighted by Gasteiger charge is 2.17. The summed E-state index contributed by atoms with van der Waals surface area (Å²) in [5, 5.41) is -0.372. The van der Waals surface area contributed by atoms with Crippen molar-refractivity contribution in [2.45, 2.75) is 19.4 Å². The topological polar surface area (TPSA) is 29.5 Å². The lowest BCUT2D eigenvalue weighted by Crippen LogP contribution is -2.25. The second-order valence-corrected chi connectivity index (χ2v) is 4.24. The van der Waals surface area contributed by atoms with Crippen molar-refractivity contribution in [1.82, 2.24) is 4.90 Å². The maximum atomic E-state index is 11.2. The fourth-order valence-corrected chi connectivity index (χ4v) is 2.16. The van der Waals surface area contributed by atoms with Gasteiger partial charge in [-0.1, -0.05) is 6.07 Å². The van der Waals surface area contributed by atoms with Crippen molar-refractivity contribution >= 4 is 17.0 Å². The highest BCUT2D eigenvalue weighted by atomic mass is 35.5. The summed E-state index contributed by atoms with van der Waals surface area (Å²) < 4.78 is 5.19. The minimum Gasteiger partial charge on any atom is -0.497 e. The highest BCUT2D eigenvalue weighted by molar-refractivity contribution is 6.62. The van der Waals surface area contributed by atoms with Crippen molar-refractivity contribution in [1.29, 1.82) is 0 Å². The van der Waals surface area contributed by atoms with Crippen LogP contribution in [-0.2, 0) is 13.0 Å². The number of benzene rings is 1. The third-order valence-electron chi connectivity index (χ3n) is 2.90. The number of rotatable bonds is 1. The summed E-state index contributed by atoms with van der Waals surface area (Å²) in [7, 11) is 1.66. The third-order valence-corrected chi connectivity index (χ3v) is 3.14. The van der Waals surface area contributed by atoms with E-state index in [4.69, 9.17) is 16.3 Å². The Hall–Kier alpha value is -1.22. The number of hydrogen-bond acceptors (Lipinski definition) is 2. The van der Waals surface area contributed by atoms with Crippen LogP contribution < -0.4 is 4.74 Å². The molecule has 1 amide bonds. The molecule has 0 fully saturated rings. The molecule has 1 heterocycles. The largest absolute Gasteiger partial charge is 0.497 e. The summed E-state index contributed by atoms with van der Waals surface area (Å²) in [6.07, 6.45) is 1.91. The average Bonchev–Trinajstić information content (AvgIpc) is 2.49. The summed E-state index contributed by atoms with van der Waals surface area (Å²) in [6.45, 7) is 1.32. The van der Waals surface area contributed by atoms with Gasteiger partial charge in [-0.2, -0.15) is 0 Å². The Bertz CT molecular complexity index is 406. The molecule has 0 aromatic heterocycles. The average molecular weight is 240 g/mol. The normalized spacial score (nSPS) is 15.2. The molecule has 86 valence electrons. The molecule has 1 aromatic carbocycles. The maximum absolute atomic E-state index is 11.2. The zero-order valence-corrected chi connectivity index (χ0v) is 9.96. The van der Waals surface area contributed by atoms with Gasteiger partial charge in [0.2, 0.25) is 0 Å². The number of hydrogen-bond donors (Lipinski definition) is 0. The molecule has 0 radical (unpaired) electrons. The van der Waals surface area contributed by atoms with Gasteiger partial charge in [0.05, 0.1) is 7.11 Å². The molecule has 0 N–H and O–H groups in total. The van der Waals surface area contributed by atoms with Gasteiger partial charge in [0.25, 0.3) is 0 Å². The van der Waals surface area contributed by atoms with Crippen molar-refractivity contribution in [2.24, 2.45) is 0 Å². The molecular formula is C12H14ClNO2. The first-order valence-electron chi connectivity index (χ1n) is 5.31. The summed E-state index contributed by atoms with van der Waals surface area (Å²) in [4.78, 5) is 12.8. The van der Waals surface area contributed by atoms with Crippen LogP contribution in [0.3, 0.4) is 0 Å². The van der Waals surface area contributed by atoms with Gasteiger partial charge < -0.3 is 9.64 Å². The van der Waals surface area contributed by atoms with Crippen LogP contribution in [0.25, 0.3) is 0 Å². The maximum Gasteiger partial charge on any atom is 0.316 e. The van der Waals surface area contributed by atoms with Gasteiger partial charge in [-0.25, -0.2) is 0 Å². The fourth-order valence-electron chi connectivity index (χ4n) is 2.01. The van der Waals surface area contributed by atoms with E-state index >= 15 is 0 Å². The highest BCUT2D eigenvalue weighted by Crippen LogP contribution is 2.23. The molecule has 4 heteroatoms. The van der Waals surface area contributed by atoms with Crippen molar-refractivity contribution in [3.05, 3.63) is 29.3 Å². The number of carbonyl (C=O) groups is 1. The fraction of sp³-hybridized carbons (Fsp3) is 0.417. The quantitative estimate of drug-likeness (QED) is 0.557. The SMILES string of the molecule is COc1ccc2c(c1)CCCN(C(=O)Cl)C2. The van der Waals surface area contributed by atoms with Crippen LogP contribution in [0.15, 0.2) is 18.2 Å². The van der Waals surface area contributed by atoms with Crippen molar-refractivity contribution in [3.8, 4) is 5.75 Å². The number of carbonyl (C=O) groups excluding carboxylic acids is 1. The summed E-state index contributed by atoms with van der Waals surface area (Å²) >= 11 is 5.52. The molecule has 3 nitrogen and oxygen atoms in total. The van der Waals surface area contributed by atoms with Gasteiger partial charge >= 0.3 is 5.37 Å². The van der Waals surface area contributed by atoms with Crippen LogP contribution in [0.1, 0.15) is 17.5 Å². The van der Waals surface area contributed by atoms with Crippen molar-refractivity contribution < 1.29 is 9.53 Å². The molecule has 2 rings (SSSR count). The van der Waals surface area contributed by atoms with Crippen LogP contribution in [0, 0.1) is 0 Å². The van der Waals surface area contributed by atoms with Gasteiger partial charge in [-0.15, -0.1) is 0 Å². The van der Waals surface area contributed by atoms with E-state index in [-0.39, 0.29) is 5.37 Å². The zero-order chi connectivity index (χ0) is 11.5. The molecule has 0 bridgehead atoms. The third kappa shape index (κ3) is 2.30. The Labute approximate surface area is 100.0 Å². The van der Waals surface area contributed by atoms with Gasteiger partial charge in [0.1, 0.15) is 5.75 Å². The van der Waals surface area contributed by atoms with Crippen LogP contribution in [0.5, 0.6) is 5.75 Å². The minimum absolute atomic E-state index is 0.372. The van der Waals surface area contributed by atoms with Gasteiger partial charge in [0.15, 0.2) is 0 Å². The molecule has 16 heavy (non-hydrogen) atoms. The minimum atomic E-state index is -0.372. The molecular weight excluding hydrogens is 226 g/mol. The smallest absolute Gasteiger partial charge is 0.316 e. The zero-order valence-electron chi connectivity index (χ0n) is 9.20. The second-order valence-electron chi connectivity index (χ2n) is 3.91. The van der Waals surface area contributed by atoms with Gasteiger partial charge in [-0.05, 0) is 47.7 Å². The van der Waals surface area contributed by atoms with E-state index in [0.29, 0.717) is 6.54 Å². The summed E-state index contributed by atoms with van der Waals surface area (Å²) in [5.74, 6) is 0.865. The Morgan fingerprint density at radius 2 is 2.25 bits per heavy atom. The summed E-state index contributed by atoms with van der Waals surface area (Å²) in [5.41, 5.74) is 2.41. The lowest BCUT2D eigenvalue weighted by Gasteiger charge is -2.17. The number of nitrogens with zero attached hydrogens (tertiary/aromatic N) is 1. The second kappa shape index (κ2) is 4.74. The van der Waals surface area contributed by atoms with Gasteiger partial charge in [-0.3, -0.25) is 4.79 Å². The molecule has 1 aromatic rings. The Morgan fingerprint density at radius 1 is 1.44 bits per heavy atom. The van der Waals surface area contributed by atoms with Crippen LogP contribution in [0.4, 0.5) is 4.79 Å². The number of halogens is 1. The standard InChI is InChI=1S/C12H14ClNO2/c1-16-11-5-4-10-8-14(12(13)15)6-2-3-9(10)7-11/h4-5,7H,2-3,6,8H2,1H3. The molecule has 0 atom stereocenters. The lowest BCUT2D eigenvalue weighted by molar-refractivity contribution is 0.220. The Kier molecular flexibility index (Phi) is 3.34. The first-order valence-corrected chi connectivity index (χ1v) is 5.68. The van der Waals surface area contributed by atoms with Crippen molar-refractivity contribution in [2.75, 3.05) is 13.7 Å². The van der Waals surface area contributed by atoms with Gasteiger partial charge in [0, 0.05) is 13.1 Å². The number of ether oxygens (including phenoxy) is 1. The van der Waals surface area contributed by atoms with E-state index in [2.05, 4.69) is 0 Å². The number of methoxy groups -OCH3 is 1. The number of aryl methyl sites for hydroxylation is 1. The molecule has 0 aliphatic carbocycles. The number of amides is 1. The van der Waals surface area contributed by atoms with E-state index in [0.717, 1.165) is 30.7 Å². The van der Waals surface area contributed by atoms with E-state index < -0.39 is 0 Å². The number of fused-ring (bicyclic) bond motifs is 1. The Morgan fingerprint density at radius 3 is 2.94 bits per heavy atom. The van der Waals surface area contributed by atoms with E-state index in [1.165, 1.54) is 5.56 Å². The first kappa shape index (κ1) is 11.3. The van der Waals surface area contributed by atoms with E-state index in [1.54, 1.807) is 12.0 Å². The molecule has 1 aliphatic heterocycles. The van der Waals surface area contributed by atoms with E-state index in [9.17, 15) is 4.79 Å². The van der Waals surface area contributed by atoms with Crippen molar-refractivity contribution in [3.63, 3.8) is 0 Å². The van der Waals surface area contributed by atoms with Crippen LogP contribution in [0.2, 0.25) is 0 Å². The Balaban J connectivity index is 2.27. The predicted molar refractivity (Wildman–Crippen MR) is 63.0 cm³/mol. The molecule has 0 saturated carbocycles. The summed E-state index contributed by atoms with van der Waals surface area (Å²) in [6, 6.07) is 5.96. The molecule has 1 aliphatic rings. The predicted octanol–water partition coefficient (Wildman–Crippen LogP) is 2.80. The monoisotopic (exact) mass is 239 g/mol.